The topological polar surface area (TPSA) is 49.8 Å². The lowest BCUT2D eigenvalue weighted by Gasteiger charge is -2.26. The smallest absolute Gasteiger partial charge is 0.266 e. The van der Waals surface area contributed by atoms with E-state index in [4.69, 9.17) is 17.0 Å². The largest absolute Gasteiger partial charge is 0.468 e. The van der Waals surface area contributed by atoms with Crippen LogP contribution in [0.15, 0.2) is 42.5 Å². The second kappa shape index (κ2) is 7.51. The van der Waals surface area contributed by atoms with Crippen LogP contribution in [-0.4, -0.2) is 39.8 Å². The summed E-state index contributed by atoms with van der Waals surface area (Å²) in [5, 5.41) is 10.2. The minimum atomic E-state index is -0.821. The Labute approximate surface area is 136 Å². The van der Waals surface area contributed by atoms with Crippen LogP contribution in [0.1, 0.15) is 19.4 Å². The molecule has 1 amide bonds. The average Bonchev–Trinajstić information content (AvgIpc) is 2.87. The van der Waals surface area contributed by atoms with Gasteiger partial charge in [0.2, 0.25) is 5.91 Å². The fourth-order valence-corrected chi connectivity index (χ4v) is 2.80. The van der Waals surface area contributed by atoms with E-state index in [1.807, 2.05) is 37.3 Å². The number of carbonyl (C=O) groups is 1. The van der Waals surface area contributed by atoms with E-state index in [9.17, 15) is 9.90 Å². The molecule has 1 saturated heterocycles. The van der Waals surface area contributed by atoms with Gasteiger partial charge in [0, 0.05) is 0 Å². The van der Waals surface area contributed by atoms with Gasteiger partial charge >= 0.3 is 0 Å². The zero-order valence-corrected chi connectivity index (χ0v) is 13.6. The van der Waals surface area contributed by atoms with Crippen molar-refractivity contribution >= 4 is 23.3 Å². The van der Waals surface area contributed by atoms with E-state index in [0.29, 0.717) is 13.0 Å². The molecule has 0 spiro atoms. The van der Waals surface area contributed by atoms with E-state index in [2.05, 4.69) is 0 Å². The third-order valence-corrected chi connectivity index (χ3v) is 4.12. The summed E-state index contributed by atoms with van der Waals surface area (Å²) < 4.78 is 5.40. The molecule has 1 aliphatic heterocycles. The molecule has 1 aromatic carbocycles. The Bertz CT molecular complexity index is 558. The quantitative estimate of drug-likeness (QED) is 0.668. The van der Waals surface area contributed by atoms with Crippen molar-refractivity contribution in [1.82, 2.24) is 4.90 Å². The molecule has 22 heavy (non-hydrogen) atoms. The first kappa shape index (κ1) is 16.6. The van der Waals surface area contributed by atoms with Gasteiger partial charge in [-0.1, -0.05) is 49.4 Å². The molecule has 2 rings (SSSR count). The first-order chi connectivity index (χ1) is 10.5. The van der Waals surface area contributed by atoms with E-state index >= 15 is 0 Å². The summed E-state index contributed by atoms with van der Waals surface area (Å²) >= 11 is 5.16. The van der Waals surface area contributed by atoms with Crippen LogP contribution in [0.25, 0.3) is 0 Å². The number of aliphatic hydroxyl groups excluding tert-OH is 1. The Morgan fingerprint density at radius 3 is 2.82 bits per heavy atom. The van der Waals surface area contributed by atoms with Gasteiger partial charge in [-0.2, -0.15) is 0 Å². The number of amides is 1. The number of nitrogens with zero attached hydrogens (tertiary/aromatic N) is 1. The van der Waals surface area contributed by atoms with Crippen molar-refractivity contribution in [3.63, 3.8) is 0 Å². The highest BCUT2D eigenvalue weighted by Gasteiger charge is 2.38. The van der Waals surface area contributed by atoms with Gasteiger partial charge in [0.25, 0.3) is 5.17 Å². The molecule has 3 atom stereocenters. The number of hydrogen-bond acceptors (Lipinski definition) is 4. The van der Waals surface area contributed by atoms with E-state index in [0.717, 1.165) is 5.56 Å². The van der Waals surface area contributed by atoms with Crippen LogP contribution in [0.2, 0.25) is 0 Å². The second-order valence-corrected chi connectivity index (χ2v) is 5.78. The number of aliphatic hydroxyl groups is 1. The zero-order valence-electron chi connectivity index (χ0n) is 12.8. The van der Waals surface area contributed by atoms with Crippen molar-refractivity contribution < 1.29 is 14.6 Å². The highest BCUT2D eigenvalue weighted by Crippen LogP contribution is 2.21. The van der Waals surface area contributed by atoms with E-state index < -0.39 is 12.0 Å². The molecule has 0 unspecified atom stereocenters. The number of carbonyl (C=O) groups excluding carboxylic acids is 1. The molecule has 0 radical (unpaired) electrons. The van der Waals surface area contributed by atoms with Crippen molar-refractivity contribution in [3.05, 3.63) is 48.0 Å². The average molecular weight is 319 g/mol. The Hall–Kier alpha value is -1.72. The number of thiocarbonyl (C=S) groups is 1. The molecule has 0 aliphatic carbocycles. The summed E-state index contributed by atoms with van der Waals surface area (Å²) in [6.45, 7) is 3.90. The highest BCUT2D eigenvalue weighted by atomic mass is 32.1. The Morgan fingerprint density at radius 1 is 1.50 bits per heavy atom. The summed E-state index contributed by atoms with van der Waals surface area (Å²) in [7, 11) is 0. The predicted molar refractivity (Wildman–Crippen MR) is 89.3 cm³/mol. The van der Waals surface area contributed by atoms with Crippen molar-refractivity contribution in [2.75, 3.05) is 6.61 Å². The lowest BCUT2D eigenvalue weighted by molar-refractivity contribution is -0.134. The normalized spacial score (nSPS) is 21.0. The van der Waals surface area contributed by atoms with Crippen LogP contribution in [0.3, 0.4) is 0 Å². The highest BCUT2D eigenvalue weighted by molar-refractivity contribution is 7.80. The third-order valence-electron chi connectivity index (χ3n) is 3.80. The first-order valence-corrected chi connectivity index (χ1v) is 7.80. The SMILES string of the molecule is C/C=C/[C@H](O)[C@@H](C)C(=O)N1C(=S)OC[C@@H]1Cc1ccccc1. The molecular formula is C17H21NO3S. The molecule has 1 heterocycles. The van der Waals surface area contributed by atoms with Gasteiger partial charge in [-0.25, -0.2) is 0 Å². The molecule has 0 saturated carbocycles. The number of rotatable bonds is 5. The molecule has 0 bridgehead atoms. The van der Waals surface area contributed by atoms with E-state index in [1.165, 1.54) is 4.90 Å². The fraction of sp³-hybridized carbons (Fsp3) is 0.412. The van der Waals surface area contributed by atoms with Gasteiger partial charge in [0.15, 0.2) is 0 Å². The molecule has 4 nitrogen and oxygen atoms in total. The summed E-state index contributed by atoms with van der Waals surface area (Å²) in [6, 6.07) is 9.80. The first-order valence-electron chi connectivity index (χ1n) is 7.39. The van der Waals surface area contributed by atoms with Crippen molar-refractivity contribution in [2.45, 2.75) is 32.4 Å². The van der Waals surface area contributed by atoms with Gasteiger partial charge < -0.3 is 9.84 Å². The maximum Gasteiger partial charge on any atom is 0.266 e. The minimum absolute atomic E-state index is 0.123. The predicted octanol–water partition coefficient (Wildman–Crippen LogP) is 2.31. The molecule has 0 aromatic heterocycles. The molecule has 1 aromatic rings. The van der Waals surface area contributed by atoms with Gasteiger partial charge in [0.1, 0.15) is 6.61 Å². The number of allylic oxidation sites excluding steroid dienone is 1. The maximum atomic E-state index is 12.6. The molecule has 118 valence electrons. The van der Waals surface area contributed by atoms with Crippen LogP contribution >= 0.6 is 12.2 Å². The Balaban J connectivity index is 2.12. The van der Waals surface area contributed by atoms with Crippen molar-refractivity contribution in [1.29, 1.82) is 0 Å². The molecule has 1 fully saturated rings. The lowest BCUT2D eigenvalue weighted by Crippen LogP contribution is -2.45. The Morgan fingerprint density at radius 2 is 2.18 bits per heavy atom. The Kier molecular flexibility index (Phi) is 5.69. The summed E-state index contributed by atoms with van der Waals surface area (Å²) in [5.74, 6) is -0.761. The third kappa shape index (κ3) is 3.72. The van der Waals surface area contributed by atoms with E-state index in [1.54, 1.807) is 19.1 Å². The van der Waals surface area contributed by atoms with Crippen LogP contribution < -0.4 is 0 Å². The standard InChI is InChI=1S/C17H21NO3S/c1-3-7-15(19)12(2)16(20)18-14(11-21-17(18)22)10-13-8-5-4-6-9-13/h3-9,12,14-15,19H,10-11H2,1-2H3/b7-3+/t12-,14+,15+/m1/s1. The molecular weight excluding hydrogens is 298 g/mol. The summed E-state index contributed by atoms with van der Waals surface area (Å²) in [4.78, 5) is 14.2. The summed E-state index contributed by atoms with van der Waals surface area (Å²) in [5.41, 5.74) is 1.13. The minimum Gasteiger partial charge on any atom is -0.468 e. The van der Waals surface area contributed by atoms with Gasteiger partial charge in [0.05, 0.1) is 18.1 Å². The number of hydrogen-bond donors (Lipinski definition) is 1. The van der Waals surface area contributed by atoms with Crippen molar-refractivity contribution in [2.24, 2.45) is 5.92 Å². The molecule has 1 N–H and O–H groups in total. The maximum absolute atomic E-state index is 12.6. The van der Waals surface area contributed by atoms with Crippen LogP contribution in [0.4, 0.5) is 0 Å². The zero-order chi connectivity index (χ0) is 16.1. The second-order valence-electron chi connectivity index (χ2n) is 5.43. The van der Waals surface area contributed by atoms with Gasteiger partial charge in [-0.05, 0) is 31.1 Å². The molecule has 1 aliphatic rings. The number of ether oxygens (including phenoxy) is 1. The summed E-state index contributed by atoms with van der Waals surface area (Å²) in [6.07, 6.45) is 3.20. The van der Waals surface area contributed by atoms with E-state index in [-0.39, 0.29) is 17.1 Å². The van der Waals surface area contributed by atoms with Crippen molar-refractivity contribution in [3.8, 4) is 0 Å². The number of benzene rings is 1. The van der Waals surface area contributed by atoms with Gasteiger partial charge in [-0.3, -0.25) is 9.69 Å². The van der Waals surface area contributed by atoms with Crippen LogP contribution in [0, 0.1) is 5.92 Å². The van der Waals surface area contributed by atoms with Crippen LogP contribution in [-0.2, 0) is 16.0 Å². The van der Waals surface area contributed by atoms with Gasteiger partial charge in [-0.15, -0.1) is 0 Å². The van der Waals surface area contributed by atoms with Crippen LogP contribution in [0.5, 0.6) is 0 Å². The fourth-order valence-electron chi connectivity index (χ4n) is 2.50. The lowest BCUT2D eigenvalue weighted by atomic mass is 10.0. The monoisotopic (exact) mass is 319 g/mol. The molecule has 5 heteroatoms.